The molecule has 0 rings (SSSR count). The number of ether oxygens (including phenoxy) is 1. The molecule has 0 aromatic heterocycles. The molecule has 0 saturated carbocycles. The summed E-state index contributed by atoms with van der Waals surface area (Å²) in [6.45, 7) is 6.75. The van der Waals surface area contributed by atoms with Crippen molar-refractivity contribution < 1.29 is 37.3 Å². The lowest BCUT2D eigenvalue weighted by Crippen LogP contribution is -2.47. The molecule has 0 aromatic carbocycles. The molecule has 0 aliphatic carbocycles. The summed E-state index contributed by atoms with van der Waals surface area (Å²) in [5.41, 5.74) is 0. The first kappa shape index (κ1) is 81.2. The Kier molecular flexibility index (Phi) is 61.1. The van der Waals surface area contributed by atoms with Gasteiger partial charge in [0.1, 0.15) is 19.3 Å². The van der Waals surface area contributed by atoms with Crippen LogP contribution in [0.15, 0.2) is 85.1 Å². The van der Waals surface area contributed by atoms with Crippen molar-refractivity contribution in [1.29, 1.82) is 0 Å². The maximum Gasteiger partial charge on any atom is 0.306 e. The van der Waals surface area contributed by atoms with Gasteiger partial charge in [-0.2, -0.15) is 0 Å². The van der Waals surface area contributed by atoms with E-state index in [4.69, 9.17) is 13.8 Å². The SMILES string of the molecule is CC/C=C\C/C=C\C/C=C\C/C=C\C/C=C\CCCCCCCCCCCCCC(=O)NC(COP(=O)([O-])OCC[N+](C)(C)C)C(/C=C\CCCCCCCCCCCC)OC(=O)CCCCCCCCCCC/C=C/CCCCCCCC. The number of phosphoric acid groups is 1. The number of unbranched alkanes of at least 4 members (excludes halogenated alkanes) is 36. The molecule has 3 atom stereocenters. The summed E-state index contributed by atoms with van der Waals surface area (Å²) in [5, 5.41) is 3.04. The Balaban J connectivity index is 5.06. The van der Waals surface area contributed by atoms with Gasteiger partial charge in [-0.3, -0.25) is 14.2 Å². The number of nitrogens with zero attached hydrogens (tertiary/aromatic N) is 1. The molecular weight excluding hydrogens is 1060 g/mol. The molecule has 0 aromatic rings. The Labute approximate surface area is 520 Å². The van der Waals surface area contributed by atoms with Gasteiger partial charge in [0.2, 0.25) is 5.91 Å². The quantitative estimate of drug-likeness (QED) is 0.0212. The largest absolute Gasteiger partial charge is 0.756 e. The van der Waals surface area contributed by atoms with Crippen molar-refractivity contribution >= 4 is 19.7 Å². The maximum atomic E-state index is 13.6. The first-order chi connectivity index (χ1) is 40.9. The minimum Gasteiger partial charge on any atom is -0.756 e. The highest BCUT2D eigenvalue weighted by Gasteiger charge is 2.27. The summed E-state index contributed by atoms with van der Waals surface area (Å²) in [7, 11) is 1.18. The lowest BCUT2D eigenvalue weighted by Gasteiger charge is -2.30. The zero-order valence-electron chi connectivity index (χ0n) is 55.8. The zero-order valence-corrected chi connectivity index (χ0v) is 56.7. The van der Waals surface area contributed by atoms with Crippen LogP contribution in [0, 0.1) is 0 Å². The summed E-state index contributed by atoms with van der Waals surface area (Å²) in [6, 6.07) is -0.895. The van der Waals surface area contributed by atoms with E-state index in [1.165, 1.54) is 186 Å². The number of esters is 1. The summed E-state index contributed by atoms with van der Waals surface area (Å²) in [6.07, 6.45) is 84.1. The average molecular weight is 1200 g/mol. The molecule has 0 fully saturated rings. The molecule has 9 nitrogen and oxygen atoms in total. The smallest absolute Gasteiger partial charge is 0.306 e. The highest BCUT2D eigenvalue weighted by molar-refractivity contribution is 7.45. The first-order valence-electron chi connectivity index (χ1n) is 35.4. The third-order valence-corrected chi connectivity index (χ3v) is 16.5. The highest BCUT2D eigenvalue weighted by Crippen LogP contribution is 2.38. The molecule has 0 aliphatic rings. The van der Waals surface area contributed by atoms with Crippen LogP contribution in [0.25, 0.3) is 0 Å². The fraction of sp³-hybridized carbons (Fsp3) is 0.784. The third-order valence-electron chi connectivity index (χ3n) is 15.6. The maximum absolute atomic E-state index is 13.6. The monoisotopic (exact) mass is 1200 g/mol. The Hall–Kier alpha value is -2.81. The van der Waals surface area contributed by atoms with Crippen LogP contribution in [-0.2, 0) is 27.9 Å². The van der Waals surface area contributed by atoms with Crippen molar-refractivity contribution in [1.82, 2.24) is 5.32 Å². The van der Waals surface area contributed by atoms with Gasteiger partial charge in [-0.15, -0.1) is 0 Å². The van der Waals surface area contributed by atoms with Gasteiger partial charge in [0.15, 0.2) is 0 Å². The van der Waals surface area contributed by atoms with Crippen molar-refractivity contribution in [3.05, 3.63) is 85.1 Å². The Morgan fingerprint density at radius 2 is 0.762 bits per heavy atom. The molecule has 0 aliphatic heterocycles. The van der Waals surface area contributed by atoms with E-state index in [0.717, 1.165) is 103 Å². The molecule has 0 spiro atoms. The summed E-state index contributed by atoms with van der Waals surface area (Å²) in [4.78, 5) is 40.2. The van der Waals surface area contributed by atoms with Gasteiger partial charge in [0.05, 0.1) is 33.8 Å². The zero-order chi connectivity index (χ0) is 61.4. The topological polar surface area (TPSA) is 114 Å². The minimum atomic E-state index is -4.71. The molecule has 0 bridgehead atoms. The molecule has 3 unspecified atom stereocenters. The second-order valence-corrected chi connectivity index (χ2v) is 26.4. The Morgan fingerprint density at radius 1 is 0.429 bits per heavy atom. The molecule has 0 radical (unpaired) electrons. The second-order valence-electron chi connectivity index (χ2n) is 25.0. The number of amides is 1. The third kappa shape index (κ3) is 63.7. The number of carbonyl (C=O) groups excluding carboxylic acids is 2. The number of hydrogen-bond donors (Lipinski definition) is 1. The number of carbonyl (C=O) groups is 2. The van der Waals surface area contributed by atoms with Crippen LogP contribution >= 0.6 is 7.82 Å². The van der Waals surface area contributed by atoms with Crippen LogP contribution in [0.5, 0.6) is 0 Å². The fourth-order valence-electron chi connectivity index (χ4n) is 10.1. The van der Waals surface area contributed by atoms with Crippen LogP contribution < -0.4 is 10.2 Å². The molecule has 0 heterocycles. The Morgan fingerprint density at radius 3 is 1.15 bits per heavy atom. The molecule has 84 heavy (non-hydrogen) atoms. The van der Waals surface area contributed by atoms with Crippen molar-refractivity contribution in [2.24, 2.45) is 0 Å². The summed E-state index contributed by atoms with van der Waals surface area (Å²) in [5.74, 6) is -0.540. The van der Waals surface area contributed by atoms with Crippen LogP contribution in [-0.4, -0.2) is 69.4 Å². The van der Waals surface area contributed by atoms with Crippen molar-refractivity contribution in [2.75, 3.05) is 40.9 Å². The number of hydrogen-bond acceptors (Lipinski definition) is 7. The lowest BCUT2D eigenvalue weighted by molar-refractivity contribution is -0.870. The first-order valence-corrected chi connectivity index (χ1v) is 36.9. The van der Waals surface area contributed by atoms with Gasteiger partial charge in [-0.1, -0.05) is 292 Å². The summed E-state index contributed by atoms with van der Waals surface area (Å²) >= 11 is 0. The number of nitrogens with one attached hydrogen (secondary N) is 1. The molecule has 10 heteroatoms. The number of likely N-dealkylation sites (N-methyl/N-ethyl adjacent to an activating group) is 1. The van der Waals surface area contributed by atoms with E-state index in [9.17, 15) is 19.0 Å². The van der Waals surface area contributed by atoms with Gasteiger partial charge >= 0.3 is 5.97 Å². The second kappa shape index (κ2) is 63.2. The van der Waals surface area contributed by atoms with Gasteiger partial charge in [-0.05, 0) is 102 Å². The predicted molar refractivity (Wildman–Crippen MR) is 362 cm³/mol. The van der Waals surface area contributed by atoms with Crippen LogP contribution in [0.2, 0.25) is 0 Å². The fourth-order valence-corrected chi connectivity index (χ4v) is 10.9. The number of quaternary nitrogens is 1. The normalized spacial score (nSPS) is 14.0. The van der Waals surface area contributed by atoms with E-state index >= 15 is 0 Å². The summed E-state index contributed by atoms with van der Waals surface area (Å²) < 4.78 is 30.4. The average Bonchev–Trinajstić information content (AvgIpc) is 3.64. The molecule has 1 N–H and O–H groups in total. The van der Waals surface area contributed by atoms with E-state index in [1.54, 1.807) is 0 Å². The van der Waals surface area contributed by atoms with Crippen molar-refractivity contribution in [3.8, 4) is 0 Å². The van der Waals surface area contributed by atoms with E-state index < -0.39 is 26.6 Å². The molecule has 0 saturated heterocycles. The van der Waals surface area contributed by atoms with Gasteiger partial charge in [0, 0.05) is 12.8 Å². The molecule has 1 amide bonds. The Bertz CT molecular complexity index is 1710. The van der Waals surface area contributed by atoms with Crippen LogP contribution in [0.3, 0.4) is 0 Å². The standard InChI is InChI=1S/C74H135N2O7P/c1-7-10-13-16-19-22-25-28-30-32-34-35-36-37-38-39-40-41-43-44-46-48-51-54-57-60-63-66-73(77)75-71(70-82-84(79,80)81-69-68-76(4,5)6)72(65-62-59-56-53-50-27-24-21-18-15-12-9-3)83-74(78)67-64-61-58-55-52-49-47-45-42-33-31-29-26-23-20-17-14-11-8-2/h10,13,19,22,28-31,34-35,37-38,62,65,71-72H,7-9,11-12,14-18,20-21,23-27,32-33,36,39-61,63-64,66-70H2,1-6H3,(H-,75,77,79,80)/b13-10-,22-19-,30-28-,31-29+,35-34-,38-37-,65-62-. The van der Waals surface area contributed by atoms with E-state index in [-0.39, 0.29) is 24.9 Å². The lowest BCUT2D eigenvalue weighted by atomic mass is 10.0. The predicted octanol–water partition coefficient (Wildman–Crippen LogP) is 21.9. The van der Waals surface area contributed by atoms with Gasteiger partial charge in [0.25, 0.3) is 7.82 Å². The van der Waals surface area contributed by atoms with E-state index in [1.807, 2.05) is 33.3 Å². The van der Waals surface area contributed by atoms with Crippen LogP contribution in [0.4, 0.5) is 0 Å². The van der Waals surface area contributed by atoms with Gasteiger partial charge in [-0.25, -0.2) is 0 Å². The van der Waals surface area contributed by atoms with Crippen molar-refractivity contribution in [2.45, 2.75) is 335 Å². The van der Waals surface area contributed by atoms with Gasteiger partial charge < -0.3 is 28.5 Å². The van der Waals surface area contributed by atoms with Crippen molar-refractivity contribution in [3.63, 3.8) is 0 Å². The minimum absolute atomic E-state index is 0.0251. The van der Waals surface area contributed by atoms with Crippen LogP contribution in [0.1, 0.15) is 323 Å². The molecular formula is C74H135N2O7P. The number of rotatable bonds is 64. The molecule has 488 valence electrons. The number of allylic oxidation sites excluding steroid dienone is 13. The van der Waals surface area contributed by atoms with E-state index in [2.05, 4.69) is 99.0 Å². The van der Waals surface area contributed by atoms with E-state index in [0.29, 0.717) is 17.4 Å². The number of phosphoric ester groups is 1. The highest BCUT2D eigenvalue weighted by atomic mass is 31.2.